The van der Waals surface area contributed by atoms with Gasteiger partial charge in [-0.2, -0.15) is 8.78 Å². The van der Waals surface area contributed by atoms with Crippen LogP contribution in [0.3, 0.4) is 0 Å². The number of aromatic nitrogens is 1. The topological polar surface area (TPSA) is 60.5 Å². The molecule has 1 amide bonds. The van der Waals surface area contributed by atoms with Gasteiger partial charge in [0.25, 0.3) is 5.91 Å². The number of rotatable bonds is 7. The molecular formula is C18H17ClF2N2O3. The highest BCUT2D eigenvalue weighted by molar-refractivity contribution is 6.34. The highest BCUT2D eigenvalue weighted by Gasteiger charge is 2.23. The number of carbonyl (C=O) groups excluding carboxylic acids is 1. The van der Waals surface area contributed by atoms with Crippen molar-refractivity contribution < 1.29 is 23.0 Å². The van der Waals surface area contributed by atoms with E-state index >= 15 is 0 Å². The Morgan fingerprint density at radius 1 is 1.35 bits per heavy atom. The van der Waals surface area contributed by atoms with Crippen molar-refractivity contribution >= 4 is 23.2 Å². The highest BCUT2D eigenvalue weighted by atomic mass is 35.5. The largest absolute Gasteiger partial charge is 0.489 e. The number of benzene rings is 1. The first kappa shape index (κ1) is 18.4. The van der Waals surface area contributed by atoms with Crippen molar-refractivity contribution in [2.24, 2.45) is 5.92 Å². The van der Waals surface area contributed by atoms with Crippen LogP contribution in [0, 0.1) is 12.8 Å². The van der Waals surface area contributed by atoms with Crippen molar-refractivity contribution in [3.63, 3.8) is 0 Å². The summed E-state index contributed by atoms with van der Waals surface area (Å²) in [5, 5.41) is 3.01. The van der Waals surface area contributed by atoms with Crippen LogP contribution in [-0.4, -0.2) is 24.1 Å². The molecule has 1 aliphatic rings. The first-order valence-electron chi connectivity index (χ1n) is 8.07. The average Bonchev–Trinajstić information content (AvgIpc) is 3.41. The Morgan fingerprint density at radius 3 is 2.77 bits per heavy atom. The smallest absolute Gasteiger partial charge is 0.387 e. The third kappa shape index (κ3) is 4.60. The molecule has 1 aliphatic carbocycles. The quantitative estimate of drug-likeness (QED) is 0.755. The fourth-order valence-corrected chi connectivity index (χ4v) is 2.58. The lowest BCUT2D eigenvalue weighted by atomic mass is 10.1. The summed E-state index contributed by atoms with van der Waals surface area (Å²) < 4.78 is 35.2. The summed E-state index contributed by atoms with van der Waals surface area (Å²) in [5.74, 6) is -0.0102. The molecule has 1 heterocycles. The molecule has 1 fully saturated rings. The van der Waals surface area contributed by atoms with Crippen LogP contribution in [0.5, 0.6) is 11.5 Å². The number of ether oxygens (including phenoxy) is 2. The Hall–Kier alpha value is -2.41. The highest BCUT2D eigenvalue weighted by Crippen LogP contribution is 2.34. The summed E-state index contributed by atoms with van der Waals surface area (Å²) in [4.78, 5) is 16.5. The van der Waals surface area contributed by atoms with Crippen LogP contribution in [0.1, 0.15) is 28.8 Å². The van der Waals surface area contributed by atoms with E-state index in [2.05, 4.69) is 15.0 Å². The van der Waals surface area contributed by atoms with Gasteiger partial charge < -0.3 is 14.8 Å². The zero-order valence-electron chi connectivity index (χ0n) is 14.0. The molecule has 1 saturated carbocycles. The second-order valence-electron chi connectivity index (χ2n) is 6.06. The van der Waals surface area contributed by atoms with Gasteiger partial charge in [0.1, 0.15) is 0 Å². The predicted molar refractivity (Wildman–Crippen MR) is 93.2 cm³/mol. The molecule has 0 radical (unpaired) electrons. The molecule has 0 saturated heterocycles. The number of hydrogen-bond acceptors (Lipinski definition) is 4. The Bertz CT molecular complexity index is 793. The van der Waals surface area contributed by atoms with Crippen molar-refractivity contribution in [2.75, 3.05) is 11.9 Å². The van der Waals surface area contributed by atoms with Crippen LogP contribution in [0.4, 0.5) is 14.5 Å². The molecule has 1 aromatic carbocycles. The van der Waals surface area contributed by atoms with Gasteiger partial charge >= 0.3 is 6.61 Å². The summed E-state index contributed by atoms with van der Waals surface area (Å²) in [6.45, 7) is -0.811. The first-order valence-corrected chi connectivity index (χ1v) is 8.45. The molecule has 26 heavy (non-hydrogen) atoms. The number of halogens is 3. The van der Waals surface area contributed by atoms with Crippen LogP contribution < -0.4 is 14.8 Å². The number of carbonyl (C=O) groups is 1. The van der Waals surface area contributed by atoms with Crippen LogP contribution in [0.15, 0.2) is 30.6 Å². The maximum absolute atomic E-state index is 12.6. The minimum atomic E-state index is -2.98. The molecule has 0 bridgehead atoms. The number of pyridine rings is 1. The number of nitrogens with one attached hydrogen (secondary N) is 1. The summed E-state index contributed by atoms with van der Waals surface area (Å²) in [6.07, 6.45) is 5.09. The lowest BCUT2D eigenvalue weighted by molar-refractivity contribution is -0.0515. The number of alkyl halides is 2. The fraction of sp³-hybridized carbons (Fsp3) is 0.333. The van der Waals surface area contributed by atoms with Gasteiger partial charge in [0, 0.05) is 18.0 Å². The molecule has 0 spiro atoms. The summed E-state index contributed by atoms with van der Waals surface area (Å²) in [7, 11) is 0. The SMILES string of the molecule is Cc1cncc(Cl)c1NC(=O)c1ccc(OC(F)F)c(OCC2CC2)c1. The van der Waals surface area contributed by atoms with Gasteiger partial charge in [-0.15, -0.1) is 0 Å². The van der Waals surface area contributed by atoms with E-state index in [1.54, 1.807) is 13.1 Å². The van der Waals surface area contributed by atoms with E-state index in [9.17, 15) is 13.6 Å². The number of aryl methyl sites for hydroxylation is 1. The van der Waals surface area contributed by atoms with Gasteiger partial charge in [0.05, 0.1) is 17.3 Å². The zero-order chi connectivity index (χ0) is 18.7. The first-order chi connectivity index (χ1) is 12.4. The van der Waals surface area contributed by atoms with Gasteiger partial charge in [0.15, 0.2) is 11.5 Å². The second kappa shape index (κ2) is 7.86. The molecule has 5 nitrogen and oxygen atoms in total. The van der Waals surface area contributed by atoms with E-state index in [1.807, 2.05) is 0 Å². The lowest BCUT2D eigenvalue weighted by Crippen LogP contribution is -2.14. The normalized spacial score (nSPS) is 13.6. The molecule has 0 atom stereocenters. The van der Waals surface area contributed by atoms with Crippen LogP contribution in [0.25, 0.3) is 0 Å². The van der Waals surface area contributed by atoms with E-state index < -0.39 is 12.5 Å². The minimum absolute atomic E-state index is 0.102. The monoisotopic (exact) mass is 382 g/mol. The van der Waals surface area contributed by atoms with Gasteiger partial charge in [-0.05, 0) is 49.4 Å². The van der Waals surface area contributed by atoms with Crippen molar-refractivity contribution in [1.82, 2.24) is 4.98 Å². The molecule has 8 heteroatoms. The van der Waals surface area contributed by atoms with Crippen LogP contribution in [0.2, 0.25) is 5.02 Å². The molecule has 1 aromatic heterocycles. The van der Waals surface area contributed by atoms with Crippen molar-refractivity contribution in [3.05, 3.63) is 46.7 Å². The fourth-order valence-electron chi connectivity index (χ4n) is 2.32. The van der Waals surface area contributed by atoms with Gasteiger partial charge in [-0.25, -0.2) is 0 Å². The average molecular weight is 383 g/mol. The molecule has 138 valence electrons. The second-order valence-corrected chi connectivity index (χ2v) is 6.47. The van der Waals surface area contributed by atoms with Crippen LogP contribution >= 0.6 is 11.6 Å². The van der Waals surface area contributed by atoms with E-state index in [0.717, 1.165) is 12.8 Å². The molecule has 1 N–H and O–H groups in total. The van der Waals surface area contributed by atoms with E-state index in [1.165, 1.54) is 24.4 Å². The third-order valence-electron chi connectivity index (χ3n) is 3.92. The molecular weight excluding hydrogens is 366 g/mol. The maximum Gasteiger partial charge on any atom is 0.387 e. The number of nitrogens with zero attached hydrogens (tertiary/aromatic N) is 1. The van der Waals surface area contributed by atoms with E-state index in [0.29, 0.717) is 28.8 Å². The number of anilines is 1. The number of hydrogen-bond donors (Lipinski definition) is 1. The minimum Gasteiger partial charge on any atom is -0.489 e. The van der Waals surface area contributed by atoms with Gasteiger partial charge in [-0.3, -0.25) is 9.78 Å². The Kier molecular flexibility index (Phi) is 5.56. The third-order valence-corrected chi connectivity index (χ3v) is 4.21. The Labute approximate surface area is 154 Å². The molecule has 3 rings (SSSR count). The van der Waals surface area contributed by atoms with E-state index in [-0.39, 0.29) is 17.1 Å². The van der Waals surface area contributed by atoms with Crippen LogP contribution in [-0.2, 0) is 0 Å². The zero-order valence-corrected chi connectivity index (χ0v) is 14.7. The summed E-state index contributed by atoms with van der Waals surface area (Å²) in [6, 6.07) is 4.08. The Balaban J connectivity index is 1.81. The Morgan fingerprint density at radius 2 is 2.12 bits per heavy atom. The molecule has 2 aromatic rings. The van der Waals surface area contributed by atoms with Gasteiger partial charge in [-0.1, -0.05) is 11.6 Å². The molecule has 0 unspecified atom stereocenters. The summed E-state index contributed by atoms with van der Waals surface area (Å²) >= 11 is 6.06. The van der Waals surface area contributed by atoms with Crippen molar-refractivity contribution in [2.45, 2.75) is 26.4 Å². The maximum atomic E-state index is 12.6. The predicted octanol–water partition coefficient (Wildman–Crippen LogP) is 4.69. The van der Waals surface area contributed by atoms with Gasteiger partial charge in [0.2, 0.25) is 0 Å². The standard InChI is InChI=1S/C18H17ClF2N2O3/c1-10-7-22-8-13(19)16(10)23-17(24)12-4-5-14(26-18(20)21)15(6-12)25-9-11-2-3-11/h4-8,11,18H,2-3,9H2,1H3,(H,22,23,24). The van der Waals surface area contributed by atoms with Crippen molar-refractivity contribution in [3.8, 4) is 11.5 Å². The number of amides is 1. The van der Waals surface area contributed by atoms with Crippen molar-refractivity contribution in [1.29, 1.82) is 0 Å². The lowest BCUT2D eigenvalue weighted by Gasteiger charge is -2.14. The van der Waals surface area contributed by atoms with E-state index in [4.69, 9.17) is 16.3 Å². The molecule has 0 aliphatic heterocycles. The summed E-state index contributed by atoms with van der Waals surface area (Å²) in [5.41, 5.74) is 1.39.